The molecule has 0 aliphatic heterocycles. The molecule has 1 unspecified atom stereocenters. The molecule has 0 aromatic carbocycles. The van der Waals surface area contributed by atoms with E-state index in [4.69, 9.17) is 4.74 Å². The number of alkyl carbamates (subject to hydrolysis) is 1. The number of hydrogen-bond acceptors (Lipinski definition) is 3. The monoisotopic (exact) mass is 303 g/mol. The maximum Gasteiger partial charge on any atom is 0.407 e. The normalized spacial score (nSPS) is 25.9. The SMILES string of the molecule is CC(C)(C)OC(=O)N[C@H]1CCCC[C@H]1S(=O)C(C)(C)C. The van der Waals surface area contributed by atoms with Gasteiger partial charge in [-0.2, -0.15) is 0 Å². The van der Waals surface area contributed by atoms with Crippen LogP contribution in [0.15, 0.2) is 0 Å². The zero-order chi connectivity index (χ0) is 15.6. The number of rotatable bonds is 2. The van der Waals surface area contributed by atoms with Crippen molar-refractivity contribution in [1.82, 2.24) is 5.32 Å². The lowest BCUT2D eigenvalue weighted by atomic mass is 9.95. The summed E-state index contributed by atoms with van der Waals surface area (Å²) < 4.78 is 17.7. The first-order valence-electron chi connectivity index (χ1n) is 7.41. The van der Waals surface area contributed by atoms with Crippen molar-refractivity contribution >= 4 is 16.9 Å². The van der Waals surface area contributed by atoms with Crippen LogP contribution in [0.25, 0.3) is 0 Å². The molecule has 5 heteroatoms. The van der Waals surface area contributed by atoms with Gasteiger partial charge in [0.15, 0.2) is 0 Å². The third-order valence-electron chi connectivity index (χ3n) is 3.28. The van der Waals surface area contributed by atoms with Crippen LogP contribution in [0.2, 0.25) is 0 Å². The number of ether oxygens (including phenoxy) is 1. The predicted octanol–water partition coefficient (Wildman–Crippen LogP) is 3.37. The van der Waals surface area contributed by atoms with E-state index in [2.05, 4.69) is 5.32 Å². The highest BCUT2D eigenvalue weighted by Crippen LogP contribution is 2.28. The number of hydrogen-bond donors (Lipinski definition) is 1. The first kappa shape index (κ1) is 17.5. The van der Waals surface area contributed by atoms with E-state index in [0.29, 0.717) is 0 Å². The van der Waals surface area contributed by atoms with Crippen LogP contribution in [0, 0.1) is 0 Å². The number of carbonyl (C=O) groups is 1. The second-order valence-corrected chi connectivity index (χ2v) is 9.91. The Balaban J connectivity index is 2.70. The average molecular weight is 303 g/mol. The topological polar surface area (TPSA) is 55.4 Å². The molecule has 1 rings (SSSR count). The van der Waals surface area contributed by atoms with Crippen molar-refractivity contribution < 1.29 is 13.7 Å². The number of carbonyl (C=O) groups excluding carboxylic acids is 1. The summed E-state index contributed by atoms with van der Waals surface area (Å²) in [6.07, 6.45) is 3.54. The smallest absolute Gasteiger partial charge is 0.407 e. The van der Waals surface area contributed by atoms with Crippen LogP contribution in [-0.2, 0) is 15.5 Å². The fraction of sp³-hybridized carbons (Fsp3) is 0.933. The van der Waals surface area contributed by atoms with Crippen LogP contribution in [0.3, 0.4) is 0 Å². The average Bonchev–Trinajstić information content (AvgIpc) is 2.24. The fourth-order valence-corrected chi connectivity index (χ4v) is 4.22. The largest absolute Gasteiger partial charge is 0.444 e. The molecule has 4 nitrogen and oxygen atoms in total. The van der Waals surface area contributed by atoms with Crippen molar-refractivity contribution in [3.8, 4) is 0 Å². The zero-order valence-corrected chi connectivity index (χ0v) is 14.4. The molecule has 1 N–H and O–H groups in total. The summed E-state index contributed by atoms with van der Waals surface area (Å²) in [4.78, 5) is 11.9. The second kappa shape index (κ2) is 6.46. The summed E-state index contributed by atoms with van der Waals surface area (Å²) in [7, 11) is -0.964. The first-order chi connectivity index (χ1) is 9.00. The minimum Gasteiger partial charge on any atom is -0.444 e. The summed E-state index contributed by atoms with van der Waals surface area (Å²) >= 11 is 0. The summed E-state index contributed by atoms with van der Waals surface area (Å²) in [6.45, 7) is 11.5. The Kier molecular flexibility index (Phi) is 5.64. The molecule has 118 valence electrons. The molecule has 1 aliphatic carbocycles. The molecule has 20 heavy (non-hydrogen) atoms. The van der Waals surface area contributed by atoms with Gasteiger partial charge in [-0.1, -0.05) is 12.8 Å². The molecule has 0 radical (unpaired) electrons. The van der Waals surface area contributed by atoms with E-state index in [-0.39, 0.29) is 16.0 Å². The van der Waals surface area contributed by atoms with E-state index in [9.17, 15) is 9.00 Å². The lowest BCUT2D eigenvalue weighted by Crippen LogP contribution is -2.51. The van der Waals surface area contributed by atoms with E-state index in [1.165, 1.54) is 0 Å². The van der Waals surface area contributed by atoms with Gasteiger partial charge in [0.05, 0.1) is 5.25 Å². The van der Waals surface area contributed by atoms with Gasteiger partial charge in [0.1, 0.15) is 5.60 Å². The maximum atomic E-state index is 12.6. The van der Waals surface area contributed by atoms with Crippen molar-refractivity contribution in [2.24, 2.45) is 0 Å². The van der Waals surface area contributed by atoms with E-state index in [1.54, 1.807) is 0 Å². The van der Waals surface area contributed by atoms with Gasteiger partial charge in [-0.05, 0) is 54.4 Å². The van der Waals surface area contributed by atoms with Crippen molar-refractivity contribution in [1.29, 1.82) is 0 Å². The van der Waals surface area contributed by atoms with Gasteiger partial charge in [-0.25, -0.2) is 4.79 Å². The minimum absolute atomic E-state index is 0.0243. The van der Waals surface area contributed by atoms with Crippen molar-refractivity contribution in [2.45, 2.75) is 88.9 Å². The Bertz CT molecular complexity index is 368. The Morgan fingerprint density at radius 1 is 1.10 bits per heavy atom. The Hall–Kier alpha value is -0.580. The Morgan fingerprint density at radius 2 is 1.65 bits per heavy atom. The lowest BCUT2D eigenvalue weighted by Gasteiger charge is -2.35. The first-order valence-corrected chi connectivity index (χ1v) is 8.62. The van der Waals surface area contributed by atoms with Crippen molar-refractivity contribution in [3.05, 3.63) is 0 Å². The van der Waals surface area contributed by atoms with E-state index < -0.39 is 22.5 Å². The molecular weight excluding hydrogens is 274 g/mol. The highest BCUT2D eigenvalue weighted by molar-refractivity contribution is 7.87. The van der Waals surface area contributed by atoms with Gasteiger partial charge in [0.25, 0.3) is 0 Å². The summed E-state index contributed by atoms with van der Waals surface area (Å²) in [5.41, 5.74) is -0.503. The molecular formula is C15H29NO3S. The predicted molar refractivity (Wildman–Crippen MR) is 83.3 cm³/mol. The zero-order valence-electron chi connectivity index (χ0n) is 13.6. The second-order valence-electron chi connectivity index (χ2n) is 7.49. The Morgan fingerprint density at radius 3 is 2.15 bits per heavy atom. The van der Waals surface area contributed by atoms with E-state index in [1.807, 2.05) is 41.5 Å². The molecule has 1 aliphatic rings. The van der Waals surface area contributed by atoms with Gasteiger partial charge in [-0.3, -0.25) is 4.21 Å². The standard InChI is InChI=1S/C15H29NO3S/c1-14(2,3)19-13(17)16-11-9-7-8-10-12(11)20(18)15(4,5)6/h11-12H,7-10H2,1-6H3,(H,16,17)/t11-,12+,20?/m0/s1. The number of amides is 1. The minimum atomic E-state index is -0.964. The van der Waals surface area contributed by atoms with Gasteiger partial charge >= 0.3 is 6.09 Å². The molecule has 0 aromatic rings. The molecule has 0 spiro atoms. The molecule has 1 fully saturated rings. The number of nitrogens with one attached hydrogen (secondary N) is 1. The van der Waals surface area contributed by atoms with E-state index in [0.717, 1.165) is 25.7 Å². The van der Waals surface area contributed by atoms with Gasteiger partial charge in [-0.15, -0.1) is 0 Å². The van der Waals surface area contributed by atoms with Crippen molar-refractivity contribution in [2.75, 3.05) is 0 Å². The fourth-order valence-electron chi connectivity index (χ4n) is 2.43. The van der Waals surface area contributed by atoms with Crippen LogP contribution >= 0.6 is 0 Å². The molecule has 1 saturated carbocycles. The molecule has 0 heterocycles. The highest BCUT2D eigenvalue weighted by Gasteiger charge is 2.36. The Labute approximate surface area is 125 Å². The molecule has 3 atom stereocenters. The van der Waals surface area contributed by atoms with Gasteiger partial charge in [0.2, 0.25) is 0 Å². The molecule has 1 amide bonds. The van der Waals surface area contributed by atoms with Crippen LogP contribution in [0.4, 0.5) is 4.79 Å². The highest BCUT2D eigenvalue weighted by atomic mass is 32.2. The van der Waals surface area contributed by atoms with Crippen LogP contribution in [0.1, 0.15) is 67.2 Å². The summed E-state index contributed by atoms with van der Waals surface area (Å²) in [6, 6.07) is -0.0429. The van der Waals surface area contributed by atoms with Crippen molar-refractivity contribution in [3.63, 3.8) is 0 Å². The third kappa shape index (κ3) is 5.43. The molecule has 0 saturated heterocycles. The van der Waals surface area contributed by atoms with Crippen LogP contribution < -0.4 is 5.32 Å². The maximum absolute atomic E-state index is 12.6. The quantitative estimate of drug-likeness (QED) is 0.851. The van der Waals surface area contributed by atoms with Gasteiger partial charge in [0, 0.05) is 21.6 Å². The molecule has 0 bridgehead atoms. The summed E-state index contributed by atoms with van der Waals surface area (Å²) in [5, 5.41) is 2.95. The summed E-state index contributed by atoms with van der Waals surface area (Å²) in [5.74, 6) is 0. The van der Waals surface area contributed by atoms with Gasteiger partial charge < -0.3 is 10.1 Å². The van der Waals surface area contributed by atoms with Crippen LogP contribution in [-0.4, -0.2) is 31.9 Å². The lowest BCUT2D eigenvalue weighted by molar-refractivity contribution is 0.0494. The van der Waals surface area contributed by atoms with Crippen LogP contribution in [0.5, 0.6) is 0 Å². The van der Waals surface area contributed by atoms with E-state index >= 15 is 0 Å². The molecule has 0 aromatic heterocycles. The third-order valence-corrected chi connectivity index (χ3v) is 5.60.